The Bertz CT molecular complexity index is 877. The molecular formula is C22H30N4O3. The normalized spacial score (nSPS) is 20.5. The van der Waals surface area contributed by atoms with E-state index in [1.54, 1.807) is 0 Å². The van der Waals surface area contributed by atoms with Gasteiger partial charge in [0.2, 0.25) is 0 Å². The van der Waals surface area contributed by atoms with Crippen LogP contribution in [0.4, 0.5) is 0 Å². The minimum Gasteiger partial charge on any atom is -0.459 e. The van der Waals surface area contributed by atoms with Gasteiger partial charge in [-0.3, -0.25) is 4.79 Å². The van der Waals surface area contributed by atoms with E-state index < -0.39 is 0 Å². The summed E-state index contributed by atoms with van der Waals surface area (Å²) >= 11 is 0. The fourth-order valence-corrected chi connectivity index (χ4v) is 4.06. The first-order valence-corrected chi connectivity index (χ1v) is 10.6. The first-order chi connectivity index (χ1) is 14.2. The maximum Gasteiger partial charge on any atom is 0.251 e. The van der Waals surface area contributed by atoms with Gasteiger partial charge in [-0.15, -0.1) is 0 Å². The van der Waals surface area contributed by atoms with Gasteiger partial charge in [-0.25, -0.2) is 4.99 Å². The largest absolute Gasteiger partial charge is 0.459 e. The van der Waals surface area contributed by atoms with Crippen molar-refractivity contribution in [3.8, 4) is 0 Å². The number of rotatable bonds is 4. The molecular weight excluding hydrogens is 368 g/mol. The Morgan fingerprint density at radius 1 is 1.21 bits per heavy atom. The first kappa shape index (κ1) is 19.8. The summed E-state index contributed by atoms with van der Waals surface area (Å²) < 4.78 is 11.6. The van der Waals surface area contributed by atoms with E-state index in [4.69, 9.17) is 14.1 Å². The third-order valence-electron chi connectivity index (χ3n) is 5.75. The monoisotopic (exact) mass is 398 g/mol. The zero-order valence-corrected chi connectivity index (χ0v) is 17.3. The number of carbonyl (C=O) groups is 1. The second-order valence-corrected chi connectivity index (χ2v) is 7.63. The summed E-state index contributed by atoms with van der Waals surface area (Å²) in [5, 5.41) is 4.52. The fourth-order valence-electron chi connectivity index (χ4n) is 4.06. The molecule has 1 atom stereocenters. The molecule has 2 aromatic rings. The molecule has 7 heteroatoms. The molecule has 0 bridgehead atoms. The maximum atomic E-state index is 12.6. The van der Waals surface area contributed by atoms with Crippen LogP contribution in [0.2, 0.25) is 0 Å². The van der Waals surface area contributed by atoms with Gasteiger partial charge >= 0.3 is 0 Å². The van der Waals surface area contributed by atoms with Crippen molar-refractivity contribution in [2.45, 2.75) is 39.3 Å². The Balaban J connectivity index is 1.41. The summed E-state index contributed by atoms with van der Waals surface area (Å²) in [5.41, 5.74) is 2.05. The van der Waals surface area contributed by atoms with Gasteiger partial charge in [-0.2, -0.15) is 0 Å². The molecule has 156 valence electrons. The summed E-state index contributed by atoms with van der Waals surface area (Å²) in [7, 11) is 0. The Labute approximate surface area is 171 Å². The van der Waals surface area contributed by atoms with E-state index in [1.165, 1.54) is 0 Å². The number of hydrogen-bond acceptors (Lipinski definition) is 4. The standard InChI is InChI=1S/C22H30N4O3/c1-3-23-22(24-15-20-16(2)17-7-4-5-8-18(17)29-20)26-12-10-25(11-13-26)21(27)19-9-6-14-28-19/h4-5,7-8,19H,3,6,9-15H2,1-2H3,(H,23,24). The number of guanidine groups is 1. The summed E-state index contributed by atoms with van der Waals surface area (Å²) in [5.74, 6) is 1.91. The molecule has 29 heavy (non-hydrogen) atoms. The average Bonchev–Trinajstić information content (AvgIpc) is 3.40. The first-order valence-electron chi connectivity index (χ1n) is 10.6. The number of aliphatic imine (C=N–C) groups is 1. The molecule has 0 radical (unpaired) electrons. The van der Waals surface area contributed by atoms with Gasteiger partial charge in [0.1, 0.15) is 24.0 Å². The number of benzene rings is 1. The summed E-state index contributed by atoms with van der Waals surface area (Å²) in [6.07, 6.45) is 1.59. The van der Waals surface area contributed by atoms with Crippen LogP contribution in [0, 0.1) is 6.92 Å². The molecule has 1 N–H and O–H groups in total. The number of amides is 1. The van der Waals surface area contributed by atoms with Crippen molar-refractivity contribution in [2.24, 2.45) is 4.99 Å². The van der Waals surface area contributed by atoms with Crippen LogP contribution in [0.15, 0.2) is 33.7 Å². The summed E-state index contributed by atoms with van der Waals surface area (Å²) in [6.45, 7) is 9.09. The molecule has 2 aliphatic rings. The minimum atomic E-state index is -0.237. The lowest BCUT2D eigenvalue weighted by atomic mass is 10.1. The molecule has 3 heterocycles. The molecule has 2 aliphatic heterocycles. The lowest BCUT2D eigenvalue weighted by Crippen LogP contribution is -2.55. The Hall–Kier alpha value is -2.54. The molecule has 0 aliphatic carbocycles. The van der Waals surface area contributed by atoms with Crippen molar-refractivity contribution in [1.82, 2.24) is 15.1 Å². The maximum absolute atomic E-state index is 12.6. The molecule has 1 aromatic heterocycles. The van der Waals surface area contributed by atoms with Gasteiger partial charge in [-0.05, 0) is 32.8 Å². The highest BCUT2D eigenvalue weighted by atomic mass is 16.5. The van der Waals surface area contributed by atoms with E-state index in [9.17, 15) is 4.79 Å². The van der Waals surface area contributed by atoms with Crippen LogP contribution in [0.1, 0.15) is 31.1 Å². The third kappa shape index (κ3) is 4.24. The van der Waals surface area contributed by atoms with Crippen molar-refractivity contribution in [3.05, 3.63) is 35.6 Å². The fraction of sp³-hybridized carbons (Fsp3) is 0.545. The third-order valence-corrected chi connectivity index (χ3v) is 5.75. The number of para-hydroxylation sites is 1. The van der Waals surface area contributed by atoms with Crippen LogP contribution in [0.5, 0.6) is 0 Å². The molecule has 2 saturated heterocycles. The van der Waals surface area contributed by atoms with E-state index in [2.05, 4.69) is 30.1 Å². The van der Waals surface area contributed by atoms with Gasteiger partial charge in [-0.1, -0.05) is 18.2 Å². The number of nitrogens with one attached hydrogen (secondary N) is 1. The van der Waals surface area contributed by atoms with E-state index >= 15 is 0 Å². The number of piperazine rings is 1. The van der Waals surface area contributed by atoms with Crippen molar-refractivity contribution >= 4 is 22.8 Å². The van der Waals surface area contributed by atoms with E-state index in [0.29, 0.717) is 26.2 Å². The second-order valence-electron chi connectivity index (χ2n) is 7.63. The van der Waals surface area contributed by atoms with Crippen molar-refractivity contribution in [2.75, 3.05) is 39.3 Å². The van der Waals surface area contributed by atoms with Gasteiger partial charge < -0.3 is 24.3 Å². The highest BCUT2D eigenvalue weighted by Gasteiger charge is 2.30. The lowest BCUT2D eigenvalue weighted by Gasteiger charge is -2.37. The van der Waals surface area contributed by atoms with Crippen LogP contribution in [0.25, 0.3) is 11.0 Å². The van der Waals surface area contributed by atoms with Crippen LogP contribution >= 0.6 is 0 Å². The van der Waals surface area contributed by atoms with Crippen LogP contribution < -0.4 is 5.32 Å². The summed E-state index contributed by atoms with van der Waals surface area (Å²) in [6, 6.07) is 8.08. The number of furan rings is 1. The van der Waals surface area contributed by atoms with Crippen molar-refractivity contribution < 1.29 is 13.9 Å². The van der Waals surface area contributed by atoms with Crippen LogP contribution in [0.3, 0.4) is 0 Å². The molecule has 1 unspecified atom stereocenters. The van der Waals surface area contributed by atoms with Gasteiger partial charge in [0, 0.05) is 50.3 Å². The molecule has 2 fully saturated rings. The Morgan fingerprint density at radius 2 is 1.97 bits per heavy atom. The molecule has 0 spiro atoms. The topological polar surface area (TPSA) is 70.3 Å². The van der Waals surface area contributed by atoms with Crippen LogP contribution in [-0.4, -0.2) is 67.1 Å². The Morgan fingerprint density at radius 3 is 2.66 bits per heavy atom. The number of aryl methyl sites for hydroxylation is 1. The van der Waals surface area contributed by atoms with Gasteiger partial charge in [0.25, 0.3) is 5.91 Å². The zero-order valence-electron chi connectivity index (χ0n) is 17.3. The van der Waals surface area contributed by atoms with Crippen molar-refractivity contribution in [3.63, 3.8) is 0 Å². The molecule has 4 rings (SSSR count). The number of nitrogens with zero attached hydrogens (tertiary/aromatic N) is 3. The molecule has 1 amide bonds. The Kier molecular flexibility index (Phi) is 6.04. The SMILES string of the molecule is CCNC(=NCc1oc2ccccc2c1C)N1CCN(C(=O)C2CCCO2)CC1. The second kappa shape index (κ2) is 8.86. The number of carbonyl (C=O) groups excluding carboxylic acids is 1. The van der Waals surface area contributed by atoms with Gasteiger partial charge in [0.15, 0.2) is 5.96 Å². The van der Waals surface area contributed by atoms with Crippen LogP contribution in [-0.2, 0) is 16.1 Å². The zero-order chi connectivity index (χ0) is 20.2. The van der Waals surface area contributed by atoms with Gasteiger partial charge in [0.05, 0.1) is 0 Å². The number of ether oxygens (including phenoxy) is 1. The van der Waals surface area contributed by atoms with E-state index in [0.717, 1.165) is 60.7 Å². The minimum absolute atomic E-state index is 0.141. The summed E-state index contributed by atoms with van der Waals surface area (Å²) in [4.78, 5) is 21.5. The quantitative estimate of drug-likeness (QED) is 0.633. The van der Waals surface area contributed by atoms with Crippen molar-refractivity contribution in [1.29, 1.82) is 0 Å². The van der Waals surface area contributed by atoms with E-state index in [1.807, 2.05) is 23.1 Å². The highest BCUT2D eigenvalue weighted by molar-refractivity contribution is 5.83. The predicted molar refractivity (Wildman–Crippen MR) is 113 cm³/mol. The molecule has 0 saturated carbocycles. The predicted octanol–water partition coefficient (Wildman–Crippen LogP) is 2.53. The highest BCUT2D eigenvalue weighted by Crippen LogP contribution is 2.25. The molecule has 1 aromatic carbocycles. The lowest BCUT2D eigenvalue weighted by molar-refractivity contribution is -0.142. The smallest absolute Gasteiger partial charge is 0.251 e. The van der Waals surface area contributed by atoms with E-state index in [-0.39, 0.29) is 12.0 Å². The number of fused-ring (bicyclic) bond motifs is 1. The average molecular weight is 399 g/mol. The molecule has 7 nitrogen and oxygen atoms in total. The number of hydrogen-bond donors (Lipinski definition) is 1.